The molecule has 0 aliphatic carbocycles. The van der Waals surface area contributed by atoms with Crippen molar-refractivity contribution in [2.75, 3.05) is 13.1 Å². The first kappa shape index (κ1) is 16.0. The van der Waals surface area contributed by atoms with Crippen molar-refractivity contribution >= 4 is 21.8 Å². The van der Waals surface area contributed by atoms with Gasteiger partial charge < -0.3 is 9.64 Å². The first-order valence-corrected chi connectivity index (χ1v) is 8.47. The zero-order valence-electron chi connectivity index (χ0n) is 13.3. The molecule has 0 bridgehead atoms. The van der Waals surface area contributed by atoms with E-state index in [4.69, 9.17) is 4.74 Å². The molecule has 1 aliphatic rings. The predicted octanol–water partition coefficient (Wildman–Crippen LogP) is 3.75. The fraction of sp³-hybridized carbons (Fsp3) is 0.333. The predicted molar refractivity (Wildman–Crippen MR) is 92.8 cm³/mol. The molecule has 23 heavy (non-hydrogen) atoms. The van der Waals surface area contributed by atoms with Crippen LogP contribution in [0.15, 0.2) is 41.0 Å². The first-order valence-electron chi connectivity index (χ1n) is 7.67. The Kier molecular flexibility index (Phi) is 4.66. The van der Waals surface area contributed by atoms with Crippen molar-refractivity contribution < 1.29 is 9.53 Å². The molecule has 120 valence electrons. The van der Waals surface area contributed by atoms with Gasteiger partial charge in [-0.2, -0.15) is 0 Å². The average molecular weight is 375 g/mol. The van der Waals surface area contributed by atoms with Gasteiger partial charge in [-0.1, -0.05) is 6.07 Å². The van der Waals surface area contributed by atoms with Gasteiger partial charge >= 0.3 is 0 Å². The number of benzene rings is 1. The molecular formula is C18H19BrN2O2. The summed E-state index contributed by atoms with van der Waals surface area (Å²) in [4.78, 5) is 18.7. The molecule has 2 aromatic rings. The van der Waals surface area contributed by atoms with Crippen LogP contribution in [0.1, 0.15) is 27.9 Å². The lowest BCUT2D eigenvalue weighted by Gasteiger charge is -2.17. The Morgan fingerprint density at radius 3 is 2.78 bits per heavy atom. The van der Waals surface area contributed by atoms with Crippen LogP contribution in [0.3, 0.4) is 0 Å². The van der Waals surface area contributed by atoms with Crippen molar-refractivity contribution in [3.63, 3.8) is 0 Å². The van der Waals surface area contributed by atoms with Crippen LogP contribution in [0.2, 0.25) is 0 Å². The minimum absolute atomic E-state index is 0.000768. The van der Waals surface area contributed by atoms with E-state index in [2.05, 4.69) is 27.8 Å². The molecule has 1 fully saturated rings. The number of carbonyl (C=O) groups excluding carboxylic acids is 1. The Labute approximate surface area is 144 Å². The van der Waals surface area contributed by atoms with Crippen LogP contribution in [0.25, 0.3) is 0 Å². The zero-order chi connectivity index (χ0) is 16.4. The minimum Gasteiger partial charge on any atom is -0.472 e. The molecule has 1 aromatic carbocycles. The highest BCUT2D eigenvalue weighted by Gasteiger charge is 2.28. The van der Waals surface area contributed by atoms with E-state index in [0.29, 0.717) is 19.0 Å². The summed E-state index contributed by atoms with van der Waals surface area (Å²) in [6, 6.07) is 9.59. The molecule has 0 N–H and O–H groups in total. The van der Waals surface area contributed by atoms with Gasteiger partial charge in [-0.05, 0) is 59.1 Å². The van der Waals surface area contributed by atoms with Crippen molar-refractivity contribution in [1.29, 1.82) is 0 Å². The summed E-state index contributed by atoms with van der Waals surface area (Å²) in [5.74, 6) is 0.668. The maximum absolute atomic E-state index is 12.6. The van der Waals surface area contributed by atoms with Crippen molar-refractivity contribution in [2.45, 2.75) is 26.4 Å². The smallest absolute Gasteiger partial charge is 0.253 e. The average Bonchev–Trinajstić information content (AvgIpc) is 3.00. The molecule has 0 saturated carbocycles. The van der Waals surface area contributed by atoms with Crippen molar-refractivity contribution in [3.05, 3.63) is 57.7 Å². The molecule has 3 rings (SSSR count). The molecule has 1 aliphatic heterocycles. The number of hydrogen-bond acceptors (Lipinski definition) is 3. The van der Waals surface area contributed by atoms with E-state index >= 15 is 0 Å². The number of pyridine rings is 1. The normalized spacial score (nSPS) is 17.3. The van der Waals surface area contributed by atoms with Gasteiger partial charge in [0.25, 0.3) is 5.91 Å². The second-order valence-electron chi connectivity index (χ2n) is 5.89. The van der Waals surface area contributed by atoms with E-state index < -0.39 is 0 Å². The van der Waals surface area contributed by atoms with Crippen LogP contribution in [0.5, 0.6) is 5.88 Å². The van der Waals surface area contributed by atoms with E-state index in [1.54, 1.807) is 6.20 Å². The topological polar surface area (TPSA) is 42.4 Å². The fourth-order valence-electron chi connectivity index (χ4n) is 2.67. The second-order valence-corrected chi connectivity index (χ2v) is 6.81. The van der Waals surface area contributed by atoms with Gasteiger partial charge in [0.15, 0.2) is 0 Å². The molecule has 5 heteroatoms. The zero-order valence-corrected chi connectivity index (χ0v) is 14.8. The second kappa shape index (κ2) is 6.71. The van der Waals surface area contributed by atoms with E-state index in [-0.39, 0.29) is 12.0 Å². The number of halogens is 1. The van der Waals surface area contributed by atoms with Crippen LogP contribution < -0.4 is 4.74 Å². The fourth-order valence-corrected chi connectivity index (χ4v) is 2.90. The molecule has 2 heterocycles. The molecule has 1 aromatic heterocycles. The highest BCUT2D eigenvalue weighted by molar-refractivity contribution is 9.10. The number of rotatable bonds is 3. The van der Waals surface area contributed by atoms with Gasteiger partial charge in [0, 0.05) is 35.3 Å². The maximum Gasteiger partial charge on any atom is 0.253 e. The third-order valence-electron chi connectivity index (χ3n) is 4.17. The molecule has 0 spiro atoms. The molecule has 1 saturated heterocycles. The largest absolute Gasteiger partial charge is 0.472 e. The lowest BCUT2D eigenvalue weighted by molar-refractivity contribution is 0.0771. The third-order valence-corrected chi connectivity index (χ3v) is 4.64. The van der Waals surface area contributed by atoms with Crippen molar-refractivity contribution in [3.8, 4) is 5.88 Å². The quantitative estimate of drug-likeness (QED) is 0.821. The maximum atomic E-state index is 12.6. The molecule has 0 radical (unpaired) electrons. The SMILES string of the molecule is Cc1ccc(C(=O)N2CCC(Oc3ccc(Br)cn3)C2)cc1C. The van der Waals surface area contributed by atoms with Gasteiger partial charge in [0.1, 0.15) is 6.10 Å². The summed E-state index contributed by atoms with van der Waals surface area (Å²) in [5.41, 5.74) is 3.09. The standard InChI is InChI=1S/C18H19BrN2O2/c1-12-3-4-14(9-13(12)2)18(22)21-8-7-16(11-21)23-17-6-5-15(19)10-20-17/h3-6,9-10,16H,7-8,11H2,1-2H3. The van der Waals surface area contributed by atoms with Gasteiger partial charge in [0.2, 0.25) is 5.88 Å². The lowest BCUT2D eigenvalue weighted by atomic mass is 10.1. The van der Waals surface area contributed by atoms with E-state index in [1.807, 2.05) is 42.2 Å². The van der Waals surface area contributed by atoms with Gasteiger partial charge in [-0.25, -0.2) is 4.98 Å². The number of hydrogen-bond donors (Lipinski definition) is 0. The minimum atomic E-state index is -0.000768. The highest BCUT2D eigenvalue weighted by atomic mass is 79.9. The van der Waals surface area contributed by atoms with Crippen LogP contribution in [0.4, 0.5) is 0 Å². The number of nitrogens with zero attached hydrogens (tertiary/aromatic N) is 2. The van der Waals surface area contributed by atoms with Gasteiger partial charge in [0.05, 0.1) is 6.54 Å². The first-order chi connectivity index (χ1) is 11.0. The van der Waals surface area contributed by atoms with Gasteiger partial charge in [-0.3, -0.25) is 4.79 Å². The third kappa shape index (κ3) is 3.72. The number of amides is 1. The van der Waals surface area contributed by atoms with E-state index in [0.717, 1.165) is 22.0 Å². The van der Waals surface area contributed by atoms with Crippen LogP contribution in [-0.4, -0.2) is 35.0 Å². The monoisotopic (exact) mass is 374 g/mol. The Morgan fingerprint density at radius 1 is 1.26 bits per heavy atom. The van der Waals surface area contributed by atoms with E-state index in [1.165, 1.54) is 5.56 Å². The number of aromatic nitrogens is 1. The van der Waals surface area contributed by atoms with Crippen molar-refractivity contribution in [1.82, 2.24) is 9.88 Å². The Bertz CT molecular complexity index is 715. The summed E-state index contributed by atoms with van der Waals surface area (Å²) < 4.78 is 6.78. The molecule has 1 atom stereocenters. The highest BCUT2D eigenvalue weighted by Crippen LogP contribution is 2.20. The molecule has 1 unspecified atom stereocenters. The number of ether oxygens (including phenoxy) is 1. The Morgan fingerprint density at radius 2 is 2.09 bits per heavy atom. The van der Waals surface area contributed by atoms with Crippen LogP contribution in [0, 0.1) is 13.8 Å². The lowest BCUT2D eigenvalue weighted by Crippen LogP contribution is -2.31. The van der Waals surface area contributed by atoms with E-state index in [9.17, 15) is 4.79 Å². The summed E-state index contributed by atoms with van der Waals surface area (Å²) in [7, 11) is 0. The molecule has 1 amide bonds. The van der Waals surface area contributed by atoms with Crippen LogP contribution >= 0.6 is 15.9 Å². The number of carbonyl (C=O) groups is 1. The van der Waals surface area contributed by atoms with Gasteiger partial charge in [-0.15, -0.1) is 0 Å². The van der Waals surface area contributed by atoms with Crippen molar-refractivity contribution in [2.24, 2.45) is 0 Å². The Balaban J connectivity index is 1.63. The number of aryl methyl sites for hydroxylation is 2. The van der Waals surface area contributed by atoms with Crippen LogP contribution in [-0.2, 0) is 0 Å². The Hall–Kier alpha value is -1.88. The summed E-state index contributed by atoms with van der Waals surface area (Å²) in [6.07, 6.45) is 2.54. The summed E-state index contributed by atoms with van der Waals surface area (Å²) in [5, 5.41) is 0. The summed E-state index contributed by atoms with van der Waals surface area (Å²) in [6.45, 7) is 5.40. The summed E-state index contributed by atoms with van der Waals surface area (Å²) >= 11 is 3.35. The molecular weight excluding hydrogens is 356 g/mol. The molecule has 4 nitrogen and oxygen atoms in total. The number of likely N-dealkylation sites (tertiary alicyclic amines) is 1.